The molecule has 25 heavy (non-hydrogen) atoms. The number of carboxylic acid groups (broad SMARTS) is 1. The van der Waals surface area contributed by atoms with Gasteiger partial charge in [-0.1, -0.05) is 24.3 Å². The average Bonchev–Trinajstić information content (AvgIpc) is 2.66. The Balaban J connectivity index is 1.79. The van der Waals surface area contributed by atoms with Gasteiger partial charge < -0.3 is 14.7 Å². The Labute approximate surface area is 147 Å². The Morgan fingerprint density at radius 2 is 1.92 bits per heavy atom. The van der Waals surface area contributed by atoms with Gasteiger partial charge in [-0.05, 0) is 48.2 Å². The molecule has 0 spiro atoms. The van der Waals surface area contributed by atoms with E-state index in [1.54, 1.807) is 12.0 Å². The molecule has 5 nitrogen and oxygen atoms in total. The molecule has 0 aromatic heterocycles. The van der Waals surface area contributed by atoms with Crippen molar-refractivity contribution in [2.45, 2.75) is 25.7 Å². The van der Waals surface area contributed by atoms with E-state index >= 15 is 0 Å². The van der Waals surface area contributed by atoms with Crippen LogP contribution in [0.4, 0.5) is 0 Å². The Morgan fingerprint density at radius 1 is 1.20 bits per heavy atom. The van der Waals surface area contributed by atoms with Crippen molar-refractivity contribution in [3.8, 4) is 5.75 Å². The molecule has 2 aromatic rings. The number of carbonyl (C=O) groups is 2. The lowest BCUT2D eigenvalue weighted by molar-refractivity contribution is -0.146. The zero-order chi connectivity index (χ0) is 18.0. The van der Waals surface area contributed by atoms with Crippen molar-refractivity contribution in [3.05, 3.63) is 42.0 Å². The summed E-state index contributed by atoms with van der Waals surface area (Å²) in [4.78, 5) is 25.7. The summed E-state index contributed by atoms with van der Waals surface area (Å²) >= 11 is 0. The fraction of sp³-hybridized carbons (Fsp3) is 0.400. The minimum Gasteiger partial charge on any atom is -0.497 e. The number of fused-ring (bicyclic) bond motifs is 1. The first-order chi connectivity index (χ1) is 12.0. The van der Waals surface area contributed by atoms with E-state index in [1.165, 1.54) is 0 Å². The molecular weight excluding hydrogens is 318 g/mol. The van der Waals surface area contributed by atoms with Gasteiger partial charge in [0, 0.05) is 13.1 Å². The first-order valence-electron chi connectivity index (χ1n) is 8.59. The fourth-order valence-electron chi connectivity index (χ4n) is 3.43. The van der Waals surface area contributed by atoms with Gasteiger partial charge in [0.25, 0.3) is 0 Å². The van der Waals surface area contributed by atoms with Gasteiger partial charge in [0.15, 0.2) is 0 Å². The summed E-state index contributed by atoms with van der Waals surface area (Å²) in [7, 11) is 1.64. The number of benzene rings is 2. The lowest BCUT2D eigenvalue weighted by Gasteiger charge is -2.32. The van der Waals surface area contributed by atoms with Crippen molar-refractivity contribution >= 4 is 22.6 Å². The third-order valence-electron chi connectivity index (χ3n) is 5.02. The second-order valence-corrected chi connectivity index (χ2v) is 6.66. The molecule has 1 heterocycles. The van der Waals surface area contributed by atoms with E-state index in [0.717, 1.165) is 28.5 Å². The van der Waals surface area contributed by atoms with Crippen LogP contribution in [0.3, 0.4) is 0 Å². The molecule has 2 aromatic carbocycles. The van der Waals surface area contributed by atoms with Crippen LogP contribution in [0.15, 0.2) is 36.4 Å². The maximum Gasteiger partial charge on any atom is 0.308 e. The Kier molecular flexibility index (Phi) is 4.93. The van der Waals surface area contributed by atoms with Crippen molar-refractivity contribution in [1.82, 2.24) is 4.90 Å². The number of methoxy groups -OCH3 is 1. The van der Waals surface area contributed by atoms with Crippen LogP contribution in [-0.2, 0) is 9.59 Å². The minimum absolute atomic E-state index is 0.00110. The number of nitrogens with zero attached hydrogens (tertiary/aromatic N) is 1. The third-order valence-corrected chi connectivity index (χ3v) is 5.02. The number of ether oxygens (including phenoxy) is 1. The van der Waals surface area contributed by atoms with Gasteiger partial charge in [0.1, 0.15) is 5.75 Å². The number of hydrogen-bond acceptors (Lipinski definition) is 3. The van der Waals surface area contributed by atoms with Crippen molar-refractivity contribution in [2.24, 2.45) is 5.92 Å². The van der Waals surface area contributed by atoms with Crippen LogP contribution in [0.5, 0.6) is 5.75 Å². The van der Waals surface area contributed by atoms with E-state index < -0.39 is 11.9 Å². The van der Waals surface area contributed by atoms with E-state index in [1.807, 2.05) is 43.3 Å². The Morgan fingerprint density at radius 3 is 2.64 bits per heavy atom. The molecule has 1 aliphatic rings. The normalized spacial score (nSPS) is 18.8. The number of carboxylic acids is 1. The van der Waals surface area contributed by atoms with Crippen LogP contribution < -0.4 is 4.74 Å². The molecule has 1 fully saturated rings. The molecule has 1 aliphatic heterocycles. The summed E-state index contributed by atoms with van der Waals surface area (Å²) in [5.74, 6) is -0.756. The molecule has 132 valence electrons. The number of amides is 1. The van der Waals surface area contributed by atoms with Crippen molar-refractivity contribution in [2.75, 3.05) is 20.2 Å². The summed E-state index contributed by atoms with van der Waals surface area (Å²) in [6.45, 7) is 2.83. The van der Waals surface area contributed by atoms with Crippen LogP contribution in [0.1, 0.15) is 31.2 Å². The highest BCUT2D eigenvalue weighted by molar-refractivity contribution is 5.88. The lowest BCUT2D eigenvalue weighted by Crippen LogP contribution is -2.43. The number of hydrogen-bond donors (Lipinski definition) is 1. The van der Waals surface area contributed by atoms with Crippen LogP contribution in [0.25, 0.3) is 10.8 Å². The molecule has 0 saturated carbocycles. The van der Waals surface area contributed by atoms with Crippen molar-refractivity contribution in [1.29, 1.82) is 0 Å². The van der Waals surface area contributed by atoms with Crippen LogP contribution in [0, 0.1) is 5.92 Å². The van der Waals surface area contributed by atoms with Gasteiger partial charge in [-0.3, -0.25) is 9.59 Å². The highest BCUT2D eigenvalue weighted by atomic mass is 16.5. The second-order valence-electron chi connectivity index (χ2n) is 6.66. The van der Waals surface area contributed by atoms with Crippen LogP contribution >= 0.6 is 0 Å². The smallest absolute Gasteiger partial charge is 0.308 e. The SMILES string of the molecule is COc1ccc2cc(C(C)C(=O)N3CCCC(C(=O)O)C3)ccc2c1. The van der Waals surface area contributed by atoms with E-state index in [-0.39, 0.29) is 11.8 Å². The van der Waals surface area contributed by atoms with E-state index in [2.05, 4.69) is 0 Å². The molecule has 1 amide bonds. The summed E-state index contributed by atoms with van der Waals surface area (Å²) in [6.07, 6.45) is 1.39. The summed E-state index contributed by atoms with van der Waals surface area (Å²) in [5.41, 5.74) is 0.945. The standard InChI is InChI=1S/C20H23NO4/c1-13(19(22)21-9-3-4-17(12-21)20(23)24)14-5-6-16-11-18(25-2)8-7-15(16)10-14/h5-8,10-11,13,17H,3-4,9,12H2,1-2H3,(H,23,24). The Hall–Kier alpha value is -2.56. The molecular formula is C20H23NO4. The van der Waals surface area contributed by atoms with Gasteiger partial charge in [-0.2, -0.15) is 0 Å². The molecule has 0 radical (unpaired) electrons. The van der Waals surface area contributed by atoms with Gasteiger partial charge in [-0.25, -0.2) is 0 Å². The van der Waals surface area contributed by atoms with Crippen molar-refractivity contribution in [3.63, 3.8) is 0 Å². The largest absolute Gasteiger partial charge is 0.497 e. The topological polar surface area (TPSA) is 66.8 Å². The highest BCUT2D eigenvalue weighted by Gasteiger charge is 2.30. The van der Waals surface area contributed by atoms with Gasteiger partial charge in [-0.15, -0.1) is 0 Å². The minimum atomic E-state index is -0.815. The molecule has 0 bridgehead atoms. The number of likely N-dealkylation sites (tertiary alicyclic amines) is 1. The fourth-order valence-corrected chi connectivity index (χ4v) is 3.43. The van der Waals surface area contributed by atoms with Gasteiger partial charge in [0.2, 0.25) is 5.91 Å². The van der Waals surface area contributed by atoms with Crippen LogP contribution in [0.2, 0.25) is 0 Å². The summed E-state index contributed by atoms with van der Waals surface area (Å²) in [5, 5.41) is 11.3. The molecule has 1 N–H and O–H groups in total. The summed E-state index contributed by atoms with van der Waals surface area (Å²) in [6, 6.07) is 11.8. The zero-order valence-corrected chi connectivity index (χ0v) is 14.6. The molecule has 3 rings (SSSR count). The predicted molar refractivity (Wildman–Crippen MR) is 95.9 cm³/mol. The average molecular weight is 341 g/mol. The molecule has 2 unspecified atom stereocenters. The van der Waals surface area contributed by atoms with Crippen molar-refractivity contribution < 1.29 is 19.4 Å². The molecule has 1 saturated heterocycles. The third kappa shape index (κ3) is 3.60. The first kappa shape index (κ1) is 17.3. The van der Waals surface area contributed by atoms with E-state index in [9.17, 15) is 14.7 Å². The zero-order valence-electron chi connectivity index (χ0n) is 14.6. The predicted octanol–water partition coefficient (Wildman–Crippen LogP) is 3.28. The number of piperidine rings is 1. The second kappa shape index (κ2) is 7.13. The number of rotatable bonds is 4. The summed E-state index contributed by atoms with van der Waals surface area (Å²) < 4.78 is 5.24. The maximum absolute atomic E-state index is 12.8. The number of aliphatic carboxylic acids is 1. The maximum atomic E-state index is 12.8. The highest BCUT2D eigenvalue weighted by Crippen LogP contribution is 2.27. The Bertz CT molecular complexity index is 801. The molecule has 0 aliphatic carbocycles. The lowest BCUT2D eigenvalue weighted by atomic mass is 9.93. The number of carbonyl (C=O) groups excluding carboxylic acids is 1. The van der Waals surface area contributed by atoms with E-state index in [4.69, 9.17) is 4.74 Å². The van der Waals surface area contributed by atoms with Gasteiger partial charge >= 0.3 is 5.97 Å². The van der Waals surface area contributed by atoms with Gasteiger partial charge in [0.05, 0.1) is 18.9 Å². The molecule has 5 heteroatoms. The quantitative estimate of drug-likeness (QED) is 0.927. The monoisotopic (exact) mass is 341 g/mol. The van der Waals surface area contributed by atoms with E-state index in [0.29, 0.717) is 19.5 Å². The first-order valence-corrected chi connectivity index (χ1v) is 8.59. The van der Waals surface area contributed by atoms with Crippen LogP contribution in [-0.4, -0.2) is 42.1 Å². The molecule has 2 atom stereocenters.